The molecule has 1 N–H and O–H groups in total. The van der Waals surface area contributed by atoms with Crippen LogP contribution in [-0.2, 0) is 0 Å². The summed E-state index contributed by atoms with van der Waals surface area (Å²) < 4.78 is 0. The van der Waals surface area contributed by atoms with Crippen LogP contribution in [0.4, 0.5) is 5.69 Å². The minimum absolute atomic E-state index is 0.0115. The van der Waals surface area contributed by atoms with E-state index in [2.05, 4.69) is 5.32 Å². The van der Waals surface area contributed by atoms with E-state index in [1.807, 2.05) is 0 Å². The maximum absolute atomic E-state index is 12.6. The summed E-state index contributed by atoms with van der Waals surface area (Å²) in [7, 11) is 0. The van der Waals surface area contributed by atoms with E-state index in [-0.39, 0.29) is 17.0 Å². The van der Waals surface area contributed by atoms with E-state index in [0.717, 1.165) is 24.3 Å². The molecule has 4 fully saturated rings. The minimum Gasteiger partial charge on any atom is -0.351 e. The van der Waals surface area contributed by atoms with Gasteiger partial charge in [-0.3, -0.25) is 14.9 Å². The SMILES string of the molecule is Cc1c(C(=O)NCC23CC4CC(CC(C4)C2)C3)cccc1[N+](=O)[O-]. The zero-order chi connectivity index (χ0) is 16.9. The van der Waals surface area contributed by atoms with Crippen molar-refractivity contribution in [2.45, 2.75) is 45.4 Å². The van der Waals surface area contributed by atoms with Crippen molar-refractivity contribution in [3.05, 3.63) is 39.4 Å². The molecule has 4 aliphatic rings. The van der Waals surface area contributed by atoms with Gasteiger partial charge in [0.1, 0.15) is 0 Å². The van der Waals surface area contributed by atoms with Gasteiger partial charge in [-0.25, -0.2) is 0 Å². The van der Waals surface area contributed by atoms with Gasteiger partial charge in [0.05, 0.1) is 4.92 Å². The third kappa shape index (κ3) is 2.60. The number of carbonyl (C=O) groups excluding carboxylic acids is 1. The Morgan fingerprint density at radius 2 is 1.79 bits per heavy atom. The maximum Gasteiger partial charge on any atom is 0.273 e. The highest BCUT2D eigenvalue weighted by Crippen LogP contribution is 2.59. The Labute approximate surface area is 142 Å². The zero-order valence-electron chi connectivity index (χ0n) is 14.1. The van der Waals surface area contributed by atoms with E-state index in [1.165, 1.54) is 44.6 Å². The molecule has 0 saturated heterocycles. The quantitative estimate of drug-likeness (QED) is 0.674. The Balaban J connectivity index is 1.48. The fourth-order valence-corrected chi connectivity index (χ4v) is 5.94. The Morgan fingerprint density at radius 3 is 2.33 bits per heavy atom. The zero-order valence-corrected chi connectivity index (χ0v) is 14.1. The van der Waals surface area contributed by atoms with Crippen LogP contribution in [0.25, 0.3) is 0 Å². The number of carbonyl (C=O) groups is 1. The lowest BCUT2D eigenvalue weighted by Crippen LogP contribution is -2.51. The fourth-order valence-electron chi connectivity index (χ4n) is 5.94. The molecular formula is C19H24N2O3. The summed E-state index contributed by atoms with van der Waals surface area (Å²) in [5, 5.41) is 14.2. The van der Waals surface area contributed by atoms with Gasteiger partial charge >= 0.3 is 0 Å². The van der Waals surface area contributed by atoms with Crippen molar-refractivity contribution in [1.82, 2.24) is 5.32 Å². The molecule has 4 bridgehead atoms. The molecule has 0 spiro atoms. The van der Waals surface area contributed by atoms with Crippen molar-refractivity contribution < 1.29 is 9.72 Å². The molecule has 0 unspecified atom stereocenters. The van der Waals surface area contributed by atoms with Crippen molar-refractivity contribution in [3.8, 4) is 0 Å². The maximum atomic E-state index is 12.6. The van der Waals surface area contributed by atoms with Crippen molar-refractivity contribution in [3.63, 3.8) is 0 Å². The highest BCUT2D eigenvalue weighted by atomic mass is 16.6. The lowest BCUT2D eigenvalue weighted by atomic mass is 9.49. The molecular weight excluding hydrogens is 304 g/mol. The van der Waals surface area contributed by atoms with Gasteiger partial charge in [0.15, 0.2) is 0 Å². The number of rotatable bonds is 4. The average molecular weight is 328 g/mol. The Morgan fingerprint density at radius 1 is 1.21 bits per heavy atom. The molecule has 4 aliphatic carbocycles. The molecule has 4 saturated carbocycles. The number of nitro benzene ring substituents is 1. The van der Waals surface area contributed by atoms with Crippen LogP contribution in [0.15, 0.2) is 18.2 Å². The van der Waals surface area contributed by atoms with E-state index in [9.17, 15) is 14.9 Å². The largest absolute Gasteiger partial charge is 0.351 e. The molecule has 5 nitrogen and oxygen atoms in total. The molecule has 0 radical (unpaired) electrons. The Kier molecular flexibility index (Phi) is 3.62. The number of nitrogens with one attached hydrogen (secondary N) is 1. The van der Waals surface area contributed by atoms with Crippen LogP contribution in [0.5, 0.6) is 0 Å². The second kappa shape index (κ2) is 5.57. The van der Waals surface area contributed by atoms with Crippen molar-refractivity contribution in [2.75, 3.05) is 6.54 Å². The highest BCUT2D eigenvalue weighted by molar-refractivity contribution is 5.96. The first-order valence-corrected chi connectivity index (χ1v) is 8.98. The van der Waals surface area contributed by atoms with Crippen LogP contribution in [0.3, 0.4) is 0 Å². The predicted molar refractivity (Wildman–Crippen MR) is 90.8 cm³/mol. The standard InChI is InChI=1S/C19H24N2O3/c1-12-16(3-2-4-17(12)21(23)24)18(22)20-11-19-8-13-5-14(9-19)7-15(6-13)10-19/h2-4,13-15H,5-11H2,1H3,(H,20,22). The lowest BCUT2D eigenvalue weighted by Gasteiger charge is -2.56. The number of hydrogen-bond donors (Lipinski definition) is 1. The lowest BCUT2D eigenvalue weighted by molar-refractivity contribution is -0.385. The second-order valence-electron chi connectivity index (χ2n) is 8.31. The Bertz CT molecular complexity index is 663. The summed E-state index contributed by atoms with van der Waals surface area (Å²) in [5.41, 5.74) is 1.16. The first-order valence-electron chi connectivity index (χ1n) is 8.98. The molecule has 1 aromatic rings. The second-order valence-corrected chi connectivity index (χ2v) is 8.31. The van der Waals surface area contributed by atoms with Crippen LogP contribution < -0.4 is 5.32 Å². The van der Waals surface area contributed by atoms with Crippen LogP contribution in [0.1, 0.15) is 54.4 Å². The number of hydrogen-bond acceptors (Lipinski definition) is 3. The summed E-state index contributed by atoms with van der Waals surface area (Å²) in [6, 6.07) is 4.72. The van der Waals surface area contributed by atoms with Gasteiger partial charge in [-0.2, -0.15) is 0 Å². The van der Waals surface area contributed by atoms with Gasteiger partial charge in [-0.05, 0) is 74.7 Å². The summed E-state index contributed by atoms with van der Waals surface area (Å²) >= 11 is 0. The smallest absolute Gasteiger partial charge is 0.273 e. The molecule has 5 rings (SSSR count). The first-order chi connectivity index (χ1) is 11.5. The summed E-state index contributed by atoms with van der Waals surface area (Å²) in [6.07, 6.45) is 7.89. The average Bonchev–Trinajstić information content (AvgIpc) is 2.51. The van der Waals surface area contributed by atoms with Gasteiger partial charge < -0.3 is 5.32 Å². The van der Waals surface area contributed by atoms with Crippen LogP contribution in [0, 0.1) is 40.2 Å². The molecule has 0 heterocycles. The fraction of sp³-hybridized carbons (Fsp3) is 0.632. The van der Waals surface area contributed by atoms with Crippen LogP contribution in [-0.4, -0.2) is 17.4 Å². The summed E-state index contributed by atoms with van der Waals surface area (Å²) in [4.78, 5) is 23.2. The minimum atomic E-state index is -0.425. The number of benzene rings is 1. The highest BCUT2D eigenvalue weighted by Gasteiger charge is 2.50. The normalized spacial score (nSPS) is 33.5. The monoisotopic (exact) mass is 328 g/mol. The first kappa shape index (κ1) is 15.6. The summed E-state index contributed by atoms with van der Waals surface area (Å²) in [5.74, 6) is 2.39. The van der Waals surface area contributed by atoms with E-state index in [1.54, 1.807) is 19.1 Å². The third-order valence-corrected chi connectivity index (χ3v) is 6.54. The van der Waals surface area contributed by atoms with Gasteiger partial charge in [0.2, 0.25) is 0 Å². The van der Waals surface area contributed by atoms with E-state index in [4.69, 9.17) is 0 Å². The van der Waals surface area contributed by atoms with Gasteiger partial charge in [0, 0.05) is 23.7 Å². The topological polar surface area (TPSA) is 72.2 Å². The van der Waals surface area contributed by atoms with Gasteiger partial charge in [0.25, 0.3) is 11.6 Å². The molecule has 0 aromatic heterocycles. The van der Waals surface area contributed by atoms with E-state index in [0.29, 0.717) is 11.1 Å². The molecule has 5 heteroatoms. The van der Waals surface area contributed by atoms with Crippen molar-refractivity contribution in [2.24, 2.45) is 23.2 Å². The van der Waals surface area contributed by atoms with Crippen LogP contribution >= 0.6 is 0 Å². The van der Waals surface area contributed by atoms with Crippen LogP contribution in [0.2, 0.25) is 0 Å². The third-order valence-electron chi connectivity index (χ3n) is 6.54. The number of amides is 1. The summed E-state index contributed by atoms with van der Waals surface area (Å²) in [6.45, 7) is 2.37. The van der Waals surface area contributed by atoms with Gasteiger partial charge in [-0.15, -0.1) is 0 Å². The molecule has 24 heavy (non-hydrogen) atoms. The number of nitro groups is 1. The molecule has 1 amide bonds. The van der Waals surface area contributed by atoms with E-state index < -0.39 is 4.92 Å². The number of nitrogens with zero attached hydrogens (tertiary/aromatic N) is 1. The molecule has 0 atom stereocenters. The Hall–Kier alpha value is -1.91. The molecule has 1 aromatic carbocycles. The predicted octanol–water partition coefficient (Wildman–Crippen LogP) is 3.85. The van der Waals surface area contributed by atoms with Crippen molar-refractivity contribution in [1.29, 1.82) is 0 Å². The molecule has 128 valence electrons. The van der Waals surface area contributed by atoms with Gasteiger partial charge in [-0.1, -0.05) is 6.07 Å². The van der Waals surface area contributed by atoms with E-state index >= 15 is 0 Å². The van der Waals surface area contributed by atoms with Crippen molar-refractivity contribution >= 4 is 11.6 Å². The molecule has 0 aliphatic heterocycles.